The maximum atomic E-state index is 11.0. The average molecular weight is 186 g/mol. The van der Waals surface area contributed by atoms with Crippen LogP contribution in [0.25, 0.3) is 0 Å². The highest BCUT2D eigenvalue weighted by atomic mass is 16.6. The quantitative estimate of drug-likeness (QED) is 0.336. The van der Waals surface area contributed by atoms with Crippen molar-refractivity contribution in [1.82, 2.24) is 0 Å². The topological polar surface area (TPSA) is 69.7 Å². The summed E-state index contributed by atoms with van der Waals surface area (Å²) in [6.45, 7) is 3.64. The molecule has 1 aliphatic rings. The van der Waals surface area contributed by atoms with E-state index < -0.39 is 23.5 Å². The first-order valence-corrected chi connectivity index (χ1v) is 3.80. The van der Waals surface area contributed by atoms with E-state index in [-0.39, 0.29) is 12.9 Å². The number of esters is 2. The molecule has 0 aromatic rings. The number of cyclic esters (lactones) is 1. The molecule has 0 bridgehead atoms. The number of carbonyl (C=O) groups is 3. The third-order valence-electron chi connectivity index (χ3n) is 1.84. The zero-order valence-corrected chi connectivity index (χ0v) is 7.40. The molecule has 0 spiro atoms. The molecule has 1 fully saturated rings. The van der Waals surface area contributed by atoms with E-state index in [0.29, 0.717) is 0 Å². The second kappa shape index (κ2) is 3.16. The molecule has 13 heavy (non-hydrogen) atoms. The minimum Gasteiger partial charge on any atom is -0.462 e. The number of hydrogen-bond acceptors (Lipinski definition) is 5. The summed E-state index contributed by atoms with van der Waals surface area (Å²) in [5, 5.41) is 0. The summed E-state index contributed by atoms with van der Waals surface area (Å²) in [5.41, 5.74) is -0.560. The highest BCUT2D eigenvalue weighted by Crippen LogP contribution is 2.30. The molecular weight excluding hydrogens is 176 g/mol. The minimum absolute atomic E-state index is 0.0294. The fraction of sp³-hybridized carbons (Fsp3) is 0.625. The van der Waals surface area contributed by atoms with E-state index in [2.05, 4.69) is 4.74 Å². The minimum atomic E-state index is -1.04. The van der Waals surface area contributed by atoms with Gasteiger partial charge in [-0.2, -0.15) is 0 Å². The van der Waals surface area contributed by atoms with E-state index in [1.165, 1.54) is 0 Å². The molecule has 72 valence electrons. The van der Waals surface area contributed by atoms with Crippen LogP contribution in [-0.2, 0) is 23.9 Å². The molecule has 1 atom stereocenters. The van der Waals surface area contributed by atoms with E-state index in [0.717, 1.165) is 0 Å². The van der Waals surface area contributed by atoms with Gasteiger partial charge < -0.3 is 9.47 Å². The van der Waals surface area contributed by atoms with Crippen LogP contribution in [0.1, 0.15) is 13.8 Å². The Labute approximate surface area is 75.0 Å². The molecule has 1 rings (SSSR count). The molecule has 0 aromatic carbocycles. The highest BCUT2D eigenvalue weighted by Gasteiger charge is 2.46. The molecule has 5 heteroatoms. The second-order valence-corrected chi connectivity index (χ2v) is 3.53. The second-order valence-electron chi connectivity index (χ2n) is 3.53. The maximum absolute atomic E-state index is 11.0. The number of carbonyl (C=O) groups excluding carboxylic acids is 3. The van der Waals surface area contributed by atoms with E-state index in [1.807, 2.05) is 0 Å². The summed E-state index contributed by atoms with van der Waals surface area (Å²) in [6.07, 6.45) is -0.938. The van der Waals surface area contributed by atoms with Crippen molar-refractivity contribution in [1.29, 1.82) is 0 Å². The van der Waals surface area contributed by atoms with Crippen molar-refractivity contribution in [2.45, 2.75) is 20.0 Å². The van der Waals surface area contributed by atoms with Crippen molar-refractivity contribution >= 4 is 18.2 Å². The lowest BCUT2D eigenvalue weighted by Crippen LogP contribution is -2.35. The molecule has 5 nitrogen and oxygen atoms in total. The third kappa shape index (κ3) is 1.85. The molecule has 0 radical (unpaired) electrons. The highest BCUT2D eigenvalue weighted by molar-refractivity contribution is 6.20. The maximum Gasteiger partial charge on any atom is 0.372 e. The van der Waals surface area contributed by atoms with Crippen LogP contribution in [0.5, 0.6) is 0 Å². The van der Waals surface area contributed by atoms with Crippen molar-refractivity contribution in [2.24, 2.45) is 5.41 Å². The summed E-state index contributed by atoms with van der Waals surface area (Å²) in [4.78, 5) is 31.6. The van der Waals surface area contributed by atoms with Crippen molar-refractivity contribution in [2.75, 3.05) is 6.61 Å². The fourth-order valence-corrected chi connectivity index (χ4v) is 1.08. The van der Waals surface area contributed by atoms with Crippen molar-refractivity contribution < 1.29 is 23.9 Å². The summed E-state index contributed by atoms with van der Waals surface area (Å²) in [7, 11) is 0. The molecule has 0 amide bonds. The molecule has 0 saturated carbocycles. The van der Waals surface area contributed by atoms with Gasteiger partial charge in [-0.05, 0) is 0 Å². The van der Waals surface area contributed by atoms with Gasteiger partial charge in [-0.3, -0.25) is 4.79 Å². The summed E-state index contributed by atoms with van der Waals surface area (Å²) in [6, 6.07) is 0. The molecule has 1 saturated heterocycles. The Balaban J connectivity index is 2.71. The largest absolute Gasteiger partial charge is 0.462 e. The van der Waals surface area contributed by atoms with Crippen molar-refractivity contribution in [3.05, 3.63) is 0 Å². The molecule has 0 aromatic heterocycles. The van der Waals surface area contributed by atoms with Crippen LogP contribution in [0, 0.1) is 5.41 Å². The van der Waals surface area contributed by atoms with E-state index in [9.17, 15) is 14.4 Å². The van der Waals surface area contributed by atoms with Gasteiger partial charge in [0, 0.05) is 5.41 Å². The van der Waals surface area contributed by atoms with Gasteiger partial charge in [0.15, 0.2) is 0 Å². The number of ether oxygens (including phenoxy) is 2. The van der Waals surface area contributed by atoms with Crippen LogP contribution >= 0.6 is 0 Å². The molecule has 0 N–H and O–H groups in total. The Kier molecular flexibility index (Phi) is 2.36. The lowest BCUT2D eigenvalue weighted by Gasteiger charge is -2.20. The predicted octanol–water partition coefficient (Wildman–Crippen LogP) is -0.320. The molecular formula is C8H10O5. The first-order valence-electron chi connectivity index (χ1n) is 3.80. The smallest absolute Gasteiger partial charge is 0.372 e. The first-order chi connectivity index (χ1) is 5.97. The number of aldehydes is 1. The molecule has 1 heterocycles. The predicted molar refractivity (Wildman–Crippen MR) is 40.7 cm³/mol. The summed E-state index contributed by atoms with van der Waals surface area (Å²) < 4.78 is 9.30. The van der Waals surface area contributed by atoms with Crippen LogP contribution in [0.2, 0.25) is 0 Å². The van der Waals surface area contributed by atoms with Gasteiger partial charge in [0.2, 0.25) is 12.4 Å². The zero-order valence-electron chi connectivity index (χ0n) is 7.40. The van der Waals surface area contributed by atoms with E-state index >= 15 is 0 Å². The normalized spacial score (nSPS) is 25.1. The molecule has 0 unspecified atom stereocenters. The van der Waals surface area contributed by atoms with E-state index in [1.54, 1.807) is 13.8 Å². The first kappa shape index (κ1) is 9.70. The number of rotatable bonds is 2. The van der Waals surface area contributed by atoms with Crippen molar-refractivity contribution in [3.8, 4) is 0 Å². The van der Waals surface area contributed by atoms with Crippen molar-refractivity contribution in [3.63, 3.8) is 0 Å². The Morgan fingerprint density at radius 2 is 2.31 bits per heavy atom. The standard InChI is InChI=1S/C8H10O5/c1-8(2)4-12-7(11)6(8)13-5(10)3-9/h3,6H,4H2,1-2H3/t6-/m1/s1. The van der Waals surface area contributed by atoms with Gasteiger partial charge in [-0.25, -0.2) is 9.59 Å². The molecule has 1 aliphatic heterocycles. The van der Waals surface area contributed by atoms with Crippen LogP contribution in [-0.4, -0.2) is 30.9 Å². The Hall–Kier alpha value is -1.39. The Morgan fingerprint density at radius 3 is 2.69 bits per heavy atom. The van der Waals surface area contributed by atoms with E-state index in [4.69, 9.17) is 4.74 Å². The van der Waals surface area contributed by atoms with Gasteiger partial charge in [0.05, 0.1) is 0 Å². The van der Waals surface area contributed by atoms with Crippen LogP contribution in [0.4, 0.5) is 0 Å². The van der Waals surface area contributed by atoms with Crippen LogP contribution in [0.3, 0.4) is 0 Å². The van der Waals surface area contributed by atoms with Crippen LogP contribution in [0.15, 0.2) is 0 Å². The Bertz CT molecular complexity index is 255. The Morgan fingerprint density at radius 1 is 1.69 bits per heavy atom. The van der Waals surface area contributed by atoms with Gasteiger partial charge in [-0.1, -0.05) is 13.8 Å². The lowest BCUT2D eigenvalue weighted by atomic mass is 9.90. The van der Waals surface area contributed by atoms with Crippen LogP contribution < -0.4 is 0 Å². The fourth-order valence-electron chi connectivity index (χ4n) is 1.08. The molecule has 0 aliphatic carbocycles. The summed E-state index contributed by atoms with van der Waals surface area (Å²) in [5.74, 6) is -1.64. The summed E-state index contributed by atoms with van der Waals surface area (Å²) >= 11 is 0. The number of hydrogen-bond donors (Lipinski definition) is 0. The monoisotopic (exact) mass is 186 g/mol. The van der Waals surface area contributed by atoms with Gasteiger partial charge in [0.25, 0.3) is 0 Å². The third-order valence-corrected chi connectivity index (χ3v) is 1.84. The SMILES string of the molecule is CC1(C)COC(=O)[C@H]1OC(=O)C=O. The van der Waals surface area contributed by atoms with Gasteiger partial charge >= 0.3 is 11.9 Å². The van der Waals surface area contributed by atoms with Gasteiger partial charge in [-0.15, -0.1) is 0 Å². The average Bonchev–Trinajstić information content (AvgIpc) is 2.31. The lowest BCUT2D eigenvalue weighted by molar-refractivity contribution is -0.163. The zero-order chi connectivity index (χ0) is 10.1. The van der Waals surface area contributed by atoms with Gasteiger partial charge in [0.1, 0.15) is 6.61 Å².